The summed E-state index contributed by atoms with van der Waals surface area (Å²) in [7, 11) is 0. The van der Waals surface area contributed by atoms with Crippen LogP contribution in [0, 0.1) is 5.92 Å². The first-order chi connectivity index (χ1) is 29.4. The number of esters is 3. The Hall–Kier alpha value is -1.59. The summed E-state index contributed by atoms with van der Waals surface area (Å²) in [6, 6.07) is 0. The van der Waals surface area contributed by atoms with Crippen LogP contribution in [0.4, 0.5) is 0 Å². The van der Waals surface area contributed by atoms with Crippen LogP contribution in [0.1, 0.15) is 304 Å². The molecule has 0 bridgehead atoms. The molecule has 0 fully saturated rings. The van der Waals surface area contributed by atoms with Crippen molar-refractivity contribution in [3.05, 3.63) is 0 Å². The molecule has 0 radical (unpaired) electrons. The molecule has 1 atom stereocenters. The second kappa shape index (κ2) is 48.4. The molecule has 0 aliphatic heterocycles. The van der Waals surface area contributed by atoms with Gasteiger partial charge in [0.2, 0.25) is 0 Å². The molecule has 356 valence electrons. The van der Waals surface area contributed by atoms with Crippen LogP contribution >= 0.6 is 0 Å². The van der Waals surface area contributed by atoms with Crippen LogP contribution in [-0.2, 0) is 28.6 Å². The Morgan fingerprint density at radius 2 is 0.550 bits per heavy atom. The maximum Gasteiger partial charge on any atom is 0.306 e. The summed E-state index contributed by atoms with van der Waals surface area (Å²) in [5.74, 6) is -0.0262. The lowest BCUT2D eigenvalue weighted by atomic mass is 10.0. The smallest absolute Gasteiger partial charge is 0.306 e. The van der Waals surface area contributed by atoms with Crippen molar-refractivity contribution in [2.24, 2.45) is 5.92 Å². The summed E-state index contributed by atoms with van der Waals surface area (Å²) in [6.07, 6.45) is 50.9. The fourth-order valence-corrected chi connectivity index (χ4v) is 8.22. The van der Waals surface area contributed by atoms with Crippen molar-refractivity contribution in [2.75, 3.05) is 13.2 Å². The van der Waals surface area contributed by atoms with Crippen LogP contribution in [0.15, 0.2) is 0 Å². The van der Waals surface area contributed by atoms with Gasteiger partial charge >= 0.3 is 17.9 Å². The highest BCUT2D eigenvalue weighted by Crippen LogP contribution is 2.17. The number of hydrogen-bond acceptors (Lipinski definition) is 6. The summed E-state index contributed by atoms with van der Waals surface area (Å²) in [4.78, 5) is 38.0. The number of ether oxygens (including phenoxy) is 3. The number of unbranched alkanes of at least 4 members (excludes halogenated alkanes) is 36. The molecule has 0 unspecified atom stereocenters. The molecule has 0 heterocycles. The van der Waals surface area contributed by atoms with Crippen molar-refractivity contribution in [1.29, 1.82) is 0 Å². The topological polar surface area (TPSA) is 78.9 Å². The van der Waals surface area contributed by atoms with Crippen molar-refractivity contribution in [3.63, 3.8) is 0 Å². The molecule has 0 aromatic rings. The van der Waals surface area contributed by atoms with Crippen LogP contribution in [0.2, 0.25) is 0 Å². The molecule has 6 heteroatoms. The lowest BCUT2D eigenvalue weighted by molar-refractivity contribution is -0.167. The molecular formula is C54H104O6. The average molecular weight is 849 g/mol. The van der Waals surface area contributed by atoms with Gasteiger partial charge < -0.3 is 14.2 Å². The van der Waals surface area contributed by atoms with E-state index in [1.165, 1.54) is 199 Å². The van der Waals surface area contributed by atoms with E-state index in [1.807, 2.05) is 0 Å². The number of hydrogen-bond donors (Lipinski definition) is 0. The molecule has 0 saturated carbocycles. The average Bonchev–Trinajstić information content (AvgIpc) is 3.23. The minimum atomic E-state index is -0.761. The largest absolute Gasteiger partial charge is 0.462 e. The summed E-state index contributed by atoms with van der Waals surface area (Å²) in [6.45, 7) is 9.02. The van der Waals surface area contributed by atoms with E-state index in [9.17, 15) is 14.4 Å². The van der Waals surface area contributed by atoms with Crippen LogP contribution in [0.5, 0.6) is 0 Å². The van der Waals surface area contributed by atoms with Gasteiger partial charge in [-0.3, -0.25) is 14.4 Å². The molecular weight excluding hydrogens is 745 g/mol. The van der Waals surface area contributed by atoms with Gasteiger partial charge in [0.1, 0.15) is 13.2 Å². The van der Waals surface area contributed by atoms with Gasteiger partial charge in [0.15, 0.2) is 6.10 Å². The Morgan fingerprint density at radius 3 is 0.817 bits per heavy atom. The third-order valence-electron chi connectivity index (χ3n) is 12.3. The number of rotatable bonds is 49. The zero-order chi connectivity index (χ0) is 43.8. The molecule has 0 amide bonds. The van der Waals surface area contributed by atoms with Crippen LogP contribution < -0.4 is 0 Å². The van der Waals surface area contributed by atoms with E-state index < -0.39 is 6.10 Å². The number of carbonyl (C=O) groups is 3. The fraction of sp³-hybridized carbons (Fsp3) is 0.944. The highest BCUT2D eigenvalue weighted by Gasteiger charge is 2.19. The highest BCUT2D eigenvalue weighted by molar-refractivity contribution is 5.71. The summed E-state index contributed by atoms with van der Waals surface area (Å²) >= 11 is 0. The van der Waals surface area contributed by atoms with Crippen molar-refractivity contribution in [1.82, 2.24) is 0 Å². The highest BCUT2D eigenvalue weighted by atomic mass is 16.6. The monoisotopic (exact) mass is 849 g/mol. The Bertz CT molecular complexity index is 903. The quantitative estimate of drug-likeness (QED) is 0.0345. The zero-order valence-electron chi connectivity index (χ0n) is 40.9. The first-order valence-electron chi connectivity index (χ1n) is 26.9. The lowest BCUT2D eigenvalue weighted by Gasteiger charge is -2.18. The van der Waals surface area contributed by atoms with Crippen molar-refractivity contribution < 1.29 is 28.6 Å². The van der Waals surface area contributed by atoms with Gasteiger partial charge in [-0.1, -0.05) is 265 Å². The van der Waals surface area contributed by atoms with E-state index in [1.54, 1.807) is 0 Å². The molecule has 0 aliphatic carbocycles. The van der Waals surface area contributed by atoms with Crippen LogP contribution in [-0.4, -0.2) is 37.2 Å². The van der Waals surface area contributed by atoms with Gasteiger partial charge in [-0.05, 0) is 25.2 Å². The molecule has 6 nitrogen and oxygen atoms in total. The molecule has 0 aromatic heterocycles. The maximum atomic E-state index is 12.8. The third kappa shape index (κ3) is 47.5. The Kier molecular flexibility index (Phi) is 47.2. The van der Waals surface area contributed by atoms with Gasteiger partial charge in [-0.2, -0.15) is 0 Å². The van der Waals surface area contributed by atoms with Crippen molar-refractivity contribution in [3.8, 4) is 0 Å². The van der Waals surface area contributed by atoms with E-state index in [-0.39, 0.29) is 31.1 Å². The van der Waals surface area contributed by atoms with E-state index >= 15 is 0 Å². The standard InChI is InChI=1S/C54H104O6/c1-5-7-9-11-13-15-17-19-20-21-22-23-25-30-34-38-42-46-53(56)59-49-51(48-58-52(55)45-41-37-33-29-24-18-16-14-12-10-8-6-2)60-54(57)47-43-39-35-31-27-26-28-32-36-40-44-50(3)4/h50-51H,5-49H2,1-4H3/t51-/m1/s1. The SMILES string of the molecule is CCCCCCCCCCCCCCCCCCCC(=O)OC[C@@H](COC(=O)CCCCCCCCCCCCCC)OC(=O)CCCCCCCCCCCCC(C)C. The molecule has 0 saturated heterocycles. The van der Waals surface area contributed by atoms with Crippen molar-refractivity contribution in [2.45, 2.75) is 310 Å². The lowest BCUT2D eigenvalue weighted by Crippen LogP contribution is -2.30. The van der Waals surface area contributed by atoms with Gasteiger partial charge in [0.05, 0.1) is 0 Å². The summed E-state index contributed by atoms with van der Waals surface area (Å²) in [5.41, 5.74) is 0. The normalized spacial score (nSPS) is 11.9. The predicted octanol–water partition coefficient (Wildman–Crippen LogP) is 17.5. The fourth-order valence-electron chi connectivity index (χ4n) is 8.22. The molecule has 0 rings (SSSR count). The van der Waals surface area contributed by atoms with E-state index in [0.29, 0.717) is 19.3 Å². The Labute approximate surface area is 374 Å². The second-order valence-corrected chi connectivity index (χ2v) is 19.0. The van der Waals surface area contributed by atoms with Gasteiger partial charge in [0.25, 0.3) is 0 Å². The van der Waals surface area contributed by atoms with Gasteiger partial charge in [0, 0.05) is 19.3 Å². The first kappa shape index (κ1) is 58.4. The summed E-state index contributed by atoms with van der Waals surface area (Å²) in [5, 5.41) is 0. The van der Waals surface area contributed by atoms with Crippen molar-refractivity contribution >= 4 is 17.9 Å². The maximum absolute atomic E-state index is 12.8. The van der Waals surface area contributed by atoms with Gasteiger partial charge in [-0.25, -0.2) is 0 Å². The van der Waals surface area contributed by atoms with E-state index in [2.05, 4.69) is 27.7 Å². The minimum Gasteiger partial charge on any atom is -0.462 e. The third-order valence-corrected chi connectivity index (χ3v) is 12.3. The molecule has 60 heavy (non-hydrogen) atoms. The summed E-state index contributed by atoms with van der Waals surface area (Å²) < 4.78 is 16.8. The first-order valence-corrected chi connectivity index (χ1v) is 26.9. The van der Waals surface area contributed by atoms with Crippen LogP contribution in [0.3, 0.4) is 0 Å². The molecule has 0 spiro atoms. The van der Waals surface area contributed by atoms with E-state index in [4.69, 9.17) is 14.2 Å². The zero-order valence-corrected chi connectivity index (χ0v) is 40.9. The van der Waals surface area contributed by atoms with E-state index in [0.717, 1.165) is 63.7 Å². The predicted molar refractivity (Wildman–Crippen MR) is 257 cm³/mol. The Morgan fingerprint density at radius 1 is 0.317 bits per heavy atom. The van der Waals surface area contributed by atoms with Crippen LogP contribution in [0.25, 0.3) is 0 Å². The number of carbonyl (C=O) groups excluding carboxylic acids is 3. The molecule has 0 N–H and O–H groups in total. The second-order valence-electron chi connectivity index (χ2n) is 19.0. The Balaban J connectivity index is 4.28. The molecule has 0 aromatic carbocycles. The molecule has 0 aliphatic rings. The van der Waals surface area contributed by atoms with Gasteiger partial charge in [-0.15, -0.1) is 0 Å². The minimum absolute atomic E-state index is 0.0626.